The molecule has 0 saturated carbocycles. The second-order valence-electron chi connectivity index (χ2n) is 4.58. The third-order valence-corrected chi connectivity index (χ3v) is 3.69. The van der Waals surface area contributed by atoms with Gasteiger partial charge in [-0.05, 0) is 29.3 Å². The number of pyridine rings is 1. The summed E-state index contributed by atoms with van der Waals surface area (Å²) >= 11 is 6.25. The van der Waals surface area contributed by atoms with Crippen LogP contribution >= 0.6 is 11.6 Å². The van der Waals surface area contributed by atoms with Crippen molar-refractivity contribution in [3.8, 4) is 0 Å². The maximum absolute atomic E-state index is 6.25. The summed E-state index contributed by atoms with van der Waals surface area (Å²) in [6, 6.07) is 17.6. The van der Waals surface area contributed by atoms with Crippen molar-refractivity contribution in [2.75, 3.05) is 0 Å². The molecule has 3 rings (SSSR count). The van der Waals surface area contributed by atoms with Gasteiger partial charge in [0, 0.05) is 16.6 Å². The van der Waals surface area contributed by atoms with Gasteiger partial charge in [0.25, 0.3) is 0 Å². The fourth-order valence-corrected chi connectivity index (χ4v) is 2.58. The van der Waals surface area contributed by atoms with Crippen molar-refractivity contribution in [2.24, 2.45) is 5.84 Å². The minimum absolute atomic E-state index is 0.157. The van der Waals surface area contributed by atoms with Gasteiger partial charge in [0.2, 0.25) is 0 Å². The van der Waals surface area contributed by atoms with E-state index in [-0.39, 0.29) is 6.04 Å². The average Bonchev–Trinajstić information content (AvgIpc) is 2.50. The van der Waals surface area contributed by atoms with Crippen LogP contribution in [-0.4, -0.2) is 4.98 Å². The van der Waals surface area contributed by atoms with Gasteiger partial charge >= 0.3 is 0 Å². The van der Waals surface area contributed by atoms with Crippen molar-refractivity contribution in [3.05, 3.63) is 76.9 Å². The van der Waals surface area contributed by atoms with Crippen molar-refractivity contribution >= 4 is 22.5 Å². The minimum atomic E-state index is -0.157. The van der Waals surface area contributed by atoms with E-state index in [1.807, 2.05) is 54.6 Å². The summed E-state index contributed by atoms with van der Waals surface area (Å²) < 4.78 is 0. The number of halogens is 1. The number of fused-ring (bicyclic) bond motifs is 1. The second kappa shape index (κ2) is 5.59. The highest BCUT2D eigenvalue weighted by Crippen LogP contribution is 2.28. The van der Waals surface area contributed by atoms with E-state index in [0.717, 1.165) is 22.0 Å². The summed E-state index contributed by atoms with van der Waals surface area (Å²) in [6.07, 6.45) is 1.78. The summed E-state index contributed by atoms with van der Waals surface area (Å²) in [4.78, 5) is 4.37. The molecule has 0 bridgehead atoms. The molecule has 1 heterocycles. The molecule has 1 aromatic heterocycles. The fourth-order valence-electron chi connectivity index (χ4n) is 2.34. The zero-order valence-electron chi connectivity index (χ0n) is 10.8. The van der Waals surface area contributed by atoms with Crippen LogP contribution in [0.3, 0.4) is 0 Å². The molecule has 0 aliphatic heterocycles. The van der Waals surface area contributed by atoms with Crippen LogP contribution in [0.1, 0.15) is 17.2 Å². The van der Waals surface area contributed by atoms with Crippen molar-refractivity contribution in [2.45, 2.75) is 6.04 Å². The van der Waals surface area contributed by atoms with Crippen LogP contribution in [-0.2, 0) is 0 Å². The van der Waals surface area contributed by atoms with Crippen molar-refractivity contribution < 1.29 is 0 Å². The highest BCUT2D eigenvalue weighted by molar-refractivity contribution is 6.31. The van der Waals surface area contributed by atoms with Gasteiger partial charge in [-0.2, -0.15) is 0 Å². The summed E-state index contributed by atoms with van der Waals surface area (Å²) in [5.41, 5.74) is 5.75. The Hall–Kier alpha value is -1.94. The molecule has 100 valence electrons. The van der Waals surface area contributed by atoms with Gasteiger partial charge in [-0.3, -0.25) is 10.8 Å². The molecular formula is C16H14ClN3. The molecule has 0 aliphatic rings. The zero-order valence-corrected chi connectivity index (χ0v) is 11.5. The van der Waals surface area contributed by atoms with E-state index in [9.17, 15) is 0 Å². The first-order chi connectivity index (χ1) is 9.79. The number of nitrogens with two attached hydrogens (primary N) is 1. The number of nitrogens with one attached hydrogen (secondary N) is 1. The first kappa shape index (κ1) is 13.1. The van der Waals surface area contributed by atoms with Gasteiger partial charge in [-0.25, -0.2) is 5.43 Å². The number of hydrogen-bond donors (Lipinski definition) is 2. The van der Waals surface area contributed by atoms with Gasteiger partial charge < -0.3 is 0 Å². The lowest BCUT2D eigenvalue weighted by atomic mass is 9.98. The number of aromatic nitrogens is 1. The largest absolute Gasteiger partial charge is 0.271 e. The van der Waals surface area contributed by atoms with Crippen LogP contribution in [0, 0.1) is 0 Å². The number of hydrazine groups is 1. The molecule has 2 aromatic carbocycles. The van der Waals surface area contributed by atoms with Crippen molar-refractivity contribution in [3.63, 3.8) is 0 Å². The van der Waals surface area contributed by atoms with Gasteiger partial charge in [-0.1, -0.05) is 48.0 Å². The topological polar surface area (TPSA) is 50.9 Å². The molecule has 0 fully saturated rings. The van der Waals surface area contributed by atoms with Crippen LogP contribution in [0.15, 0.2) is 60.8 Å². The minimum Gasteiger partial charge on any atom is -0.271 e. The molecule has 3 aromatic rings. The molecule has 20 heavy (non-hydrogen) atoms. The lowest BCUT2D eigenvalue weighted by Crippen LogP contribution is -2.29. The molecular weight excluding hydrogens is 270 g/mol. The van der Waals surface area contributed by atoms with Crippen LogP contribution in [0.25, 0.3) is 10.9 Å². The molecule has 1 atom stereocenters. The van der Waals surface area contributed by atoms with E-state index < -0.39 is 0 Å². The lowest BCUT2D eigenvalue weighted by Gasteiger charge is -2.18. The molecule has 0 amide bonds. The first-order valence-electron chi connectivity index (χ1n) is 6.35. The standard InChI is InChI=1S/C16H14ClN3/c17-14-6-2-1-5-13(14)16(20-18)12-8-7-11-4-3-9-19-15(11)10-12/h1-10,16,20H,18H2. The Morgan fingerprint density at radius 2 is 1.90 bits per heavy atom. The maximum atomic E-state index is 6.25. The van der Waals surface area contributed by atoms with E-state index in [1.54, 1.807) is 6.20 Å². The summed E-state index contributed by atoms with van der Waals surface area (Å²) in [6.45, 7) is 0. The molecule has 4 heteroatoms. The third kappa shape index (κ3) is 2.39. The number of rotatable bonds is 3. The maximum Gasteiger partial charge on any atom is 0.0725 e. The van der Waals surface area contributed by atoms with E-state index in [4.69, 9.17) is 17.4 Å². The van der Waals surface area contributed by atoms with Gasteiger partial charge in [0.1, 0.15) is 0 Å². The zero-order chi connectivity index (χ0) is 13.9. The number of nitrogens with zero attached hydrogens (tertiary/aromatic N) is 1. The first-order valence-corrected chi connectivity index (χ1v) is 6.72. The average molecular weight is 284 g/mol. The predicted octanol–water partition coefficient (Wildman–Crippen LogP) is 3.44. The van der Waals surface area contributed by atoms with E-state index in [1.165, 1.54) is 0 Å². The number of hydrogen-bond acceptors (Lipinski definition) is 3. The van der Waals surface area contributed by atoms with Crippen molar-refractivity contribution in [1.82, 2.24) is 10.4 Å². The molecule has 3 nitrogen and oxygen atoms in total. The Morgan fingerprint density at radius 3 is 2.70 bits per heavy atom. The second-order valence-corrected chi connectivity index (χ2v) is 4.98. The molecule has 0 aliphatic carbocycles. The Morgan fingerprint density at radius 1 is 1.05 bits per heavy atom. The summed E-state index contributed by atoms with van der Waals surface area (Å²) in [5.74, 6) is 5.72. The Labute approximate surface area is 122 Å². The van der Waals surface area contributed by atoms with Gasteiger partial charge in [0.15, 0.2) is 0 Å². The smallest absolute Gasteiger partial charge is 0.0725 e. The normalized spacial score (nSPS) is 12.5. The van der Waals surface area contributed by atoms with Crippen LogP contribution in [0.5, 0.6) is 0 Å². The Kier molecular flexibility index (Phi) is 3.65. The van der Waals surface area contributed by atoms with E-state index >= 15 is 0 Å². The van der Waals surface area contributed by atoms with Crippen LogP contribution < -0.4 is 11.3 Å². The van der Waals surface area contributed by atoms with Gasteiger partial charge in [-0.15, -0.1) is 0 Å². The number of benzene rings is 2. The molecule has 0 spiro atoms. The molecule has 1 unspecified atom stereocenters. The van der Waals surface area contributed by atoms with Crippen molar-refractivity contribution in [1.29, 1.82) is 0 Å². The summed E-state index contributed by atoms with van der Waals surface area (Å²) in [7, 11) is 0. The Bertz CT molecular complexity index is 742. The van der Waals surface area contributed by atoms with E-state index in [0.29, 0.717) is 5.02 Å². The SMILES string of the molecule is NNC(c1ccc2cccnc2c1)c1ccccc1Cl. The summed E-state index contributed by atoms with van der Waals surface area (Å²) in [5, 5.41) is 1.79. The van der Waals surface area contributed by atoms with Crippen LogP contribution in [0.4, 0.5) is 0 Å². The lowest BCUT2D eigenvalue weighted by molar-refractivity contribution is 0.637. The van der Waals surface area contributed by atoms with Crippen LogP contribution in [0.2, 0.25) is 5.02 Å². The van der Waals surface area contributed by atoms with E-state index in [2.05, 4.69) is 10.4 Å². The molecule has 0 radical (unpaired) electrons. The third-order valence-electron chi connectivity index (χ3n) is 3.35. The highest BCUT2D eigenvalue weighted by atomic mass is 35.5. The molecule has 0 saturated heterocycles. The molecule has 3 N–H and O–H groups in total. The Balaban J connectivity index is 2.10. The highest BCUT2D eigenvalue weighted by Gasteiger charge is 2.15. The predicted molar refractivity (Wildman–Crippen MR) is 82.4 cm³/mol. The van der Waals surface area contributed by atoms with Gasteiger partial charge in [0.05, 0.1) is 11.6 Å². The quantitative estimate of drug-likeness (QED) is 0.572. The fraction of sp³-hybridized carbons (Fsp3) is 0.0625. The monoisotopic (exact) mass is 283 g/mol.